The van der Waals surface area contributed by atoms with Gasteiger partial charge in [-0.1, -0.05) is 0 Å². The molecule has 0 saturated carbocycles. The van der Waals surface area contributed by atoms with Crippen LogP contribution < -0.4 is 5.32 Å². The Hall–Kier alpha value is -1.98. The van der Waals surface area contributed by atoms with Crippen molar-refractivity contribution in [1.29, 1.82) is 0 Å². The van der Waals surface area contributed by atoms with Crippen LogP contribution in [0.25, 0.3) is 0 Å². The lowest BCUT2D eigenvalue weighted by Crippen LogP contribution is -2.27. The predicted molar refractivity (Wildman–Crippen MR) is 56.1 cm³/mol. The lowest BCUT2D eigenvalue weighted by Gasteiger charge is -2.05. The van der Waals surface area contributed by atoms with Crippen LogP contribution >= 0.6 is 0 Å². The third-order valence-electron chi connectivity index (χ3n) is 1.97. The molecule has 0 fully saturated rings. The molecule has 1 aromatic rings. The van der Waals surface area contributed by atoms with Gasteiger partial charge in [-0.3, -0.25) is 9.59 Å². The Labute approximate surface area is 92.7 Å². The molecule has 0 aliphatic heterocycles. The lowest BCUT2D eigenvalue weighted by atomic mass is 10.2. The Bertz CT molecular complexity index is 418. The van der Waals surface area contributed by atoms with Crippen LogP contribution in [-0.2, 0) is 4.79 Å². The number of carbonyl (C=O) groups is 2. The van der Waals surface area contributed by atoms with E-state index in [4.69, 9.17) is 5.11 Å². The number of aryl methyl sites for hydroxylation is 2. The number of carbonyl (C=O) groups excluding carboxylic acids is 1. The van der Waals surface area contributed by atoms with E-state index < -0.39 is 5.97 Å². The molecule has 0 bridgehead atoms. The van der Waals surface area contributed by atoms with Gasteiger partial charge in [0.1, 0.15) is 0 Å². The minimum absolute atomic E-state index is 0.0950. The van der Waals surface area contributed by atoms with Crippen LogP contribution in [0.1, 0.15) is 28.2 Å². The summed E-state index contributed by atoms with van der Waals surface area (Å²) in [6, 6.07) is 1.62. The van der Waals surface area contributed by atoms with Gasteiger partial charge < -0.3 is 10.4 Å². The van der Waals surface area contributed by atoms with Gasteiger partial charge in [0, 0.05) is 6.54 Å². The molecule has 0 atom stereocenters. The highest BCUT2D eigenvalue weighted by Crippen LogP contribution is 2.04. The highest BCUT2D eigenvalue weighted by molar-refractivity contribution is 5.95. The molecule has 0 radical (unpaired) electrons. The molecule has 86 valence electrons. The van der Waals surface area contributed by atoms with Crippen molar-refractivity contribution in [3.8, 4) is 0 Å². The number of nitrogens with zero attached hydrogens (tertiary/aromatic N) is 2. The highest BCUT2D eigenvalue weighted by Gasteiger charge is 2.10. The SMILES string of the molecule is Cc1cc(C(=O)NCCC(=O)O)c(C)nn1. The molecule has 0 unspecified atom stereocenters. The molecule has 0 aliphatic rings. The second-order valence-electron chi connectivity index (χ2n) is 3.38. The Morgan fingerprint density at radius 3 is 2.69 bits per heavy atom. The molecule has 0 aliphatic carbocycles. The standard InChI is InChI=1S/C10H13N3O3/c1-6-5-8(7(2)13-12-6)10(16)11-4-3-9(14)15/h5H,3-4H2,1-2H3,(H,11,16)(H,14,15). The van der Waals surface area contributed by atoms with E-state index in [1.807, 2.05) is 0 Å². The van der Waals surface area contributed by atoms with E-state index >= 15 is 0 Å². The molecule has 1 amide bonds. The second kappa shape index (κ2) is 5.20. The maximum absolute atomic E-state index is 11.6. The summed E-state index contributed by atoms with van der Waals surface area (Å²) in [5.41, 5.74) is 1.60. The van der Waals surface area contributed by atoms with Crippen molar-refractivity contribution >= 4 is 11.9 Å². The molecule has 16 heavy (non-hydrogen) atoms. The second-order valence-corrected chi connectivity index (χ2v) is 3.38. The molecule has 6 nitrogen and oxygen atoms in total. The molecule has 1 heterocycles. The number of rotatable bonds is 4. The first-order valence-electron chi connectivity index (χ1n) is 4.81. The summed E-state index contributed by atoms with van der Waals surface area (Å²) >= 11 is 0. The zero-order valence-corrected chi connectivity index (χ0v) is 9.15. The number of hydrogen-bond donors (Lipinski definition) is 2. The number of carboxylic acids is 1. The summed E-state index contributed by atoms with van der Waals surface area (Å²) in [5, 5.41) is 18.6. The van der Waals surface area contributed by atoms with Gasteiger partial charge in [0.15, 0.2) is 0 Å². The molecular weight excluding hydrogens is 210 g/mol. The van der Waals surface area contributed by atoms with Crippen molar-refractivity contribution in [3.05, 3.63) is 23.0 Å². The normalized spacial score (nSPS) is 9.88. The summed E-state index contributed by atoms with van der Waals surface area (Å²) in [5.74, 6) is -1.27. The van der Waals surface area contributed by atoms with Crippen molar-refractivity contribution < 1.29 is 14.7 Å². The van der Waals surface area contributed by atoms with Gasteiger partial charge >= 0.3 is 5.97 Å². The summed E-state index contributed by atoms with van der Waals surface area (Å²) in [7, 11) is 0. The van der Waals surface area contributed by atoms with Crippen LogP contribution in [0.3, 0.4) is 0 Å². The number of carboxylic acid groups (broad SMARTS) is 1. The topological polar surface area (TPSA) is 92.2 Å². The number of hydrogen-bond acceptors (Lipinski definition) is 4. The first kappa shape index (κ1) is 12.1. The average molecular weight is 223 g/mol. The highest BCUT2D eigenvalue weighted by atomic mass is 16.4. The van der Waals surface area contributed by atoms with Crippen LogP contribution in [-0.4, -0.2) is 33.7 Å². The zero-order valence-electron chi connectivity index (χ0n) is 9.15. The summed E-state index contributed by atoms with van der Waals surface area (Å²) in [4.78, 5) is 21.9. The quantitative estimate of drug-likeness (QED) is 0.765. The number of amides is 1. The van der Waals surface area contributed by atoms with Gasteiger partial charge in [-0.2, -0.15) is 10.2 Å². The van der Waals surface area contributed by atoms with Gasteiger partial charge in [-0.25, -0.2) is 0 Å². The lowest BCUT2D eigenvalue weighted by molar-refractivity contribution is -0.136. The van der Waals surface area contributed by atoms with E-state index in [1.165, 1.54) is 0 Å². The smallest absolute Gasteiger partial charge is 0.305 e. The monoisotopic (exact) mass is 223 g/mol. The van der Waals surface area contributed by atoms with Crippen molar-refractivity contribution in [2.45, 2.75) is 20.3 Å². The first-order chi connectivity index (χ1) is 7.50. The molecule has 1 rings (SSSR count). The van der Waals surface area contributed by atoms with Crippen LogP contribution in [0.15, 0.2) is 6.07 Å². The molecule has 2 N–H and O–H groups in total. The van der Waals surface area contributed by atoms with Crippen LogP contribution in [0.2, 0.25) is 0 Å². The van der Waals surface area contributed by atoms with E-state index in [2.05, 4.69) is 15.5 Å². The fourth-order valence-electron chi connectivity index (χ4n) is 1.16. The van der Waals surface area contributed by atoms with Gasteiger partial charge in [0.05, 0.1) is 23.4 Å². The summed E-state index contributed by atoms with van der Waals surface area (Å²) in [6.07, 6.45) is -0.0950. The third kappa shape index (κ3) is 3.30. The number of aromatic nitrogens is 2. The van der Waals surface area contributed by atoms with Crippen LogP contribution in [0, 0.1) is 13.8 Å². The van der Waals surface area contributed by atoms with Crippen molar-refractivity contribution in [2.24, 2.45) is 0 Å². The van der Waals surface area contributed by atoms with Crippen LogP contribution in [0.5, 0.6) is 0 Å². The van der Waals surface area contributed by atoms with Crippen LogP contribution in [0.4, 0.5) is 0 Å². The van der Waals surface area contributed by atoms with E-state index in [9.17, 15) is 9.59 Å². The average Bonchev–Trinajstić information content (AvgIpc) is 2.21. The van der Waals surface area contributed by atoms with Crippen molar-refractivity contribution in [3.63, 3.8) is 0 Å². The van der Waals surface area contributed by atoms with E-state index in [0.29, 0.717) is 17.0 Å². The van der Waals surface area contributed by atoms with Crippen molar-refractivity contribution in [2.75, 3.05) is 6.54 Å². The van der Waals surface area contributed by atoms with Crippen molar-refractivity contribution in [1.82, 2.24) is 15.5 Å². The Morgan fingerprint density at radius 2 is 2.06 bits per heavy atom. The minimum atomic E-state index is -0.943. The Kier molecular flexibility index (Phi) is 3.93. The van der Waals surface area contributed by atoms with Gasteiger partial charge in [-0.05, 0) is 19.9 Å². The number of nitrogens with one attached hydrogen (secondary N) is 1. The summed E-state index contributed by atoms with van der Waals surface area (Å²) < 4.78 is 0. The van der Waals surface area contributed by atoms with E-state index in [1.54, 1.807) is 19.9 Å². The summed E-state index contributed by atoms with van der Waals surface area (Å²) in [6.45, 7) is 3.52. The molecular formula is C10H13N3O3. The van der Waals surface area contributed by atoms with Gasteiger partial charge in [-0.15, -0.1) is 0 Å². The maximum atomic E-state index is 11.6. The van der Waals surface area contributed by atoms with Gasteiger partial charge in [0.2, 0.25) is 0 Å². The maximum Gasteiger partial charge on any atom is 0.305 e. The van der Waals surface area contributed by atoms with Gasteiger partial charge in [0.25, 0.3) is 5.91 Å². The Morgan fingerprint density at radius 1 is 1.38 bits per heavy atom. The first-order valence-corrected chi connectivity index (χ1v) is 4.81. The zero-order chi connectivity index (χ0) is 12.1. The minimum Gasteiger partial charge on any atom is -0.481 e. The molecule has 1 aromatic heterocycles. The largest absolute Gasteiger partial charge is 0.481 e. The third-order valence-corrected chi connectivity index (χ3v) is 1.97. The predicted octanol–water partition coefficient (Wildman–Crippen LogP) is 0.298. The fraction of sp³-hybridized carbons (Fsp3) is 0.400. The molecule has 6 heteroatoms. The number of aliphatic carboxylic acids is 1. The van der Waals surface area contributed by atoms with E-state index in [0.717, 1.165) is 0 Å². The Balaban J connectivity index is 2.65. The molecule has 0 aromatic carbocycles. The molecule has 0 saturated heterocycles. The molecule has 0 spiro atoms. The van der Waals surface area contributed by atoms with E-state index in [-0.39, 0.29) is 18.9 Å². The fourth-order valence-corrected chi connectivity index (χ4v) is 1.16.